The maximum absolute atomic E-state index is 12.3. The SMILES string of the molecule is CCC1CCC(NS(=O)(=O)c2ccc(C)cc2)CC1. The Morgan fingerprint density at radius 2 is 1.68 bits per heavy atom. The van der Waals surface area contributed by atoms with Crippen LogP contribution in [0.4, 0.5) is 0 Å². The smallest absolute Gasteiger partial charge is 0.208 e. The molecular weight excluding hydrogens is 258 g/mol. The van der Waals surface area contributed by atoms with Crippen molar-refractivity contribution in [1.82, 2.24) is 4.72 Å². The summed E-state index contributed by atoms with van der Waals surface area (Å²) in [6, 6.07) is 7.13. The van der Waals surface area contributed by atoms with Crippen molar-refractivity contribution in [3.8, 4) is 0 Å². The summed E-state index contributed by atoms with van der Waals surface area (Å²) in [5.74, 6) is 0.778. The van der Waals surface area contributed by atoms with Gasteiger partial charge in [0.05, 0.1) is 4.90 Å². The minimum absolute atomic E-state index is 0.106. The lowest BCUT2D eigenvalue weighted by Gasteiger charge is -2.28. The predicted molar refractivity (Wildman–Crippen MR) is 77.5 cm³/mol. The van der Waals surface area contributed by atoms with Gasteiger partial charge in [-0.25, -0.2) is 13.1 Å². The Bertz CT molecular complexity index is 499. The molecule has 0 bridgehead atoms. The zero-order valence-electron chi connectivity index (χ0n) is 11.7. The van der Waals surface area contributed by atoms with Crippen molar-refractivity contribution in [2.75, 3.05) is 0 Å². The lowest BCUT2D eigenvalue weighted by molar-refractivity contribution is 0.306. The summed E-state index contributed by atoms with van der Waals surface area (Å²) in [6.07, 6.45) is 5.40. The van der Waals surface area contributed by atoms with Gasteiger partial charge in [-0.1, -0.05) is 31.0 Å². The zero-order valence-corrected chi connectivity index (χ0v) is 12.5. The van der Waals surface area contributed by atoms with Crippen LogP contribution in [0.25, 0.3) is 0 Å². The molecule has 4 heteroatoms. The maximum atomic E-state index is 12.3. The summed E-state index contributed by atoms with van der Waals surface area (Å²) in [5.41, 5.74) is 1.07. The molecule has 1 saturated carbocycles. The fraction of sp³-hybridized carbons (Fsp3) is 0.600. The average molecular weight is 281 g/mol. The topological polar surface area (TPSA) is 46.2 Å². The van der Waals surface area contributed by atoms with Crippen molar-refractivity contribution in [3.05, 3.63) is 29.8 Å². The highest BCUT2D eigenvalue weighted by atomic mass is 32.2. The molecule has 0 atom stereocenters. The van der Waals surface area contributed by atoms with Gasteiger partial charge in [-0.2, -0.15) is 0 Å². The Labute approximate surface area is 116 Å². The highest BCUT2D eigenvalue weighted by Gasteiger charge is 2.24. The minimum atomic E-state index is -3.35. The number of sulfonamides is 1. The highest BCUT2D eigenvalue weighted by Crippen LogP contribution is 2.27. The Morgan fingerprint density at radius 3 is 2.21 bits per heavy atom. The first-order chi connectivity index (χ1) is 9.01. The van der Waals surface area contributed by atoms with Gasteiger partial charge in [0, 0.05) is 6.04 Å². The molecule has 1 aromatic rings. The molecule has 3 nitrogen and oxygen atoms in total. The summed E-state index contributed by atoms with van der Waals surface area (Å²) < 4.78 is 27.4. The second kappa shape index (κ2) is 6.06. The van der Waals surface area contributed by atoms with Gasteiger partial charge in [0.1, 0.15) is 0 Å². The first-order valence-electron chi connectivity index (χ1n) is 7.10. The van der Waals surface area contributed by atoms with E-state index in [2.05, 4.69) is 11.6 Å². The number of hydrogen-bond acceptors (Lipinski definition) is 2. The molecule has 0 aromatic heterocycles. The van der Waals surface area contributed by atoms with Crippen molar-refractivity contribution >= 4 is 10.0 Å². The van der Waals surface area contributed by atoms with Crippen LogP contribution in [0.1, 0.15) is 44.6 Å². The van der Waals surface area contributed by atoms with E-state index in [1.54, 1.807) is 12.1 Å². The second-order valence-electron chi connectivity index (χ2n) is 5.56. The zero-order chi connectivity index (χ0) is 13.9. The van der Waals surface area contributed by atoms with Crippen molar-refractivity contribution in [1.29, 1.82) is 0 Å². The molecule has 0 aliphatic heterocycles. The molecule has 19 heavy (non-hydrogen) atoms. The van der Waals surface area contributed by atoms with E-state index in [4.69, 9.17) is 0 Å². The third-order valence-electron chi connectivity index (χ3n) is 4.08. The van der Waals surface area contributed by atoms with Gasteiger partial charge in [0.15, 0.2) is 0 Å². The van der Waals surface area contributed by atoms with E-state index in [-0.39, 0.29) is 6.04 Å². The van der Waals surface area contributed by atoms with Crippen LogP contribution in [0, 0.1) is 12.8 Å². The monoisotopic (exact) mass is 281 g/mol. The minimum Gasteiger partial charge on any atom is -0.208 e. The van der Waals surface area contributed by atoms with Crippen LogP contribution in [-0.4, -0.2) is 14.5 Å². The second-order valence-corrected chi connectivity index (χ2v) is 7.27. The molecule has 1 aromatic carbocycles. The van der Waals surface area contributed by atoms with Crippen molar-refractivity contribution in [2.45, 2.75) is 56.9 Å². The molecule has 1 N–H and O–H groups in total. The molecular formula is C15H23NO2S. The Morgan fingerprint density at radius 1 is 1.11 bits per heavy atom. The normalized spacial score (nSPS) is 24.3. The van der Waals surface area contributed by atoms with Crippen LogP contribution in [0.3, 0.4) is 0 Å². The molecule has 0 amide bonds. The summed E-state index contributed by atoms with van der Waals surface area (Å²) >= 11 is 0. The van der Waals surface area contributed by atoms with Crippen LogP contribution in [0.5, 0.6) is 0 Å². The van der Waals surface area contributed by atoms with Crippen molar-refractivity contribution < 1.29 is 8.42 Å². The summed E-state index contributed by atoms with van der Waals surface area (Å²) in [7, 11) is -3.35. The Hall–Kier alpha value is -0.870. The van der Waals surface area contributed by atoms with E-state index in [9.17, 15) is 8.42 Å². The van der Waals surface area contributed by atoms with Crippen molar-refractivity contribution in [3.63, 3.8) is 0 Å². The fourth-order valence-electron chi connectivity index (χ4n) is 2.69. The number of nitrogens with one attached hydrogen (secondary N) is 1. The van der Waals surface area contributed by atoms with E-state index in [0.29, 0.717) is 4.90 Å². The molecule has 1 fully saturated rings. The average Bonchev–Trinajstić information content (AvgIpc) is 2.40. The fourth-order valence-corrected chi connectivity index (χ4v) is 4.00. The molecule has 1 aliphatic carbocycles. The molecule has 0 saturated heterocycles. The number of rotatable bonds is 4. The van der Waals surface area contributed by atoms with Crippen LogP contribution < -0.4 is 4.72 Å². The number of benzene rings is 1. The lowest BCUT2D eigenvalue weighted by Crippen LogP contribution is -2.37. The molecule has 2 rings (SSSR count). The van der Waals surface area contributed by atoms with Gasteiger partial charge in [-0.05, 0) is 50.7 Å². The predicted octanol–water partition coefficient (Wildman–Crippen LogP) is 3.24. The molecule has 0 heterocycles. The molecule has 0 spiro atoms. The van der Waals surface area contributed by atoms with E-state index in [1.807, 2.05) is 19.1 Å². The van der Waals surface area contributed by atoms with Crippen LogP contribution in [-0.2, 0) is 10.0 Å². The van der Waals surface area contributed by atoms with Gasteiger partial charge in [-0.15, -0.1) is 0 Å². The van der Waals surface area contributed by atoms with Crippen LogP contribution in [0.2, 0.25) is 0 Å². The first kappa shape index (κ1) is 14.5. The number of hydrogen-bond donors (Lipinski definition) is 1. The quantitative estimate of drug-likeness (QED) is 0.921. The van der Waals surface area contributed by atoms with E-state index in [0.717, 1.165) is 37.2 Å². The standard InChI is InChI=1S/C15H23NO2S/c1-3-13-6-8-14(9-7-13)16-19(17,18)15-10-4-12(2)5-11-15/h4-5,10-11,13-14,16H,3,6-9H2,1-2H3. The lowest BCUT2D eigenvalue weighted by atomic mass is 9.85. The number of aryl methyl sites for hydroxylation is 1. The first-order valence-corrected chi connectivity index (χ1v) is 8.58. The van der Waals surface area contributed by atoms with Crippen LogP contribution in [0.15, 0.2) is 29.2 Å². The van der Waals surface area contributed by atoms with Gasteiger partial charge in [0.2, 0.25) is 10.0 Å². The highest BCUT2D eigenvalue weighted by molar-refractivity contribution is 7.89. The van der Waals surface area contributed by atoms with Gasteiger partial charge in [0.25, 0.3) is 0 Å². The maximum Gasteiger partial charge on any atom is 0.240 e. The largest absolute Gasteiger partial charge is 0.240 e. The molecule has 0 radical (unpaired) electrons. The summed E-state index contributed by atoms with van der Waals surface area (Å²) in [4.78, 5) is 0.371. The Balaban J connectivity index is 2.00. The molecule has 106 valence electrons. The van der Waals surface area contributed by atoms with Gasteiger partial charge < -0.3 is 0 Å². The molecule has 0 unspecified atom stereocenters. The van der Waals surface area contributed by atoms with Crippen LogP contribution >= 0.6 is 0 Å². The third-order valence-corrected chi connectivity index (χ3v) is 5.61. The van der Waals surface area contributed by atoms with E-state index in [1.165, 1.54) is 6.42 Å². The Kier molecular flexibility index (Phi) is 4.63. The van der Waals surface area contributed by atoms with Crippen molar-refractivity contribution in [2.24, 2.45) is 5.92 Å². The summed E-state index contributed by atoms with van der Waals surface area (Å²) in [6.45, 7) is 4.16. The van der Waals surface area contributed by atoms with Gasteiger partial charge >= 0.3 is 0 Å². The van der Waals surface area contributed by atoms with E-state index < -0.39 is 10.0 Å². The summed E-state index contributed by atoms with van der Waals surface area (Å²) in [5, 5.41) is 0. The molecule has 1 aliphatic rings. The van der Waals surface area contributed by atoms with Gasteiger partial charge in [-0.3, -0.25) is 0 Å². The van der Waals surface area contributed by atoms with E-state index >= 15 is 0 Å². The third kappa shape index (κ3) is 3.80.